The number of carbonyl (C=O) groups is 1. The molecule has 0 saturated heterocycles. The molecule has 19 heavy (non-hydrogen) atoms. The van der Waals surface area contributed by atoms with Gasteiger partial charge in [-0.15, -0.1) is 0 Å². The van der Waals surface area contributed by atoms with Crippen LogP contribution >= 0.6 is 11.6 Å². The molecule has 0 aliphatic rings. The summed E-state index contributed by atoms with van der Waals surface area (Å²) in [6.45, 7) is 2.05. The molecule has 0 bridgehead atoms. The number of anilines is 1. The number of rotatable bonds is 3. The van der Waals surface area contributed by atoms with Crippen LogP contribution in [0, 0.1) is 6.92 Å². The largest absolute Gasteiger partial charge is 0.456 e. The summed E-state index contributed by atoms with van der Waals surface area (Å²) in [4.78, 5) is 11.8. The first-order valence-electron chi connectivity index (χ1n) is 5.69. The maximum Gasteiger partial charge on any atom is 0.338 e. The van der Waals surface area contributed by atoms with Crippen molar-refractivity contribution in [2.24, 2.45) is 7.05 Å². The third kappa shape index (κ3) is 3.06. The summed E-state index contributed by atoms with van der Waals surface area (Å²) in [6.07, 6.45) is 0. The fourth-order valence-corrected chi connectivity index (χ4v) is 1.81. The van der Waals surface area contributed by atoms with Gasteiger partial charge in [-0.1, -0.05) is 11.6 Å². The van der Waals surface area contributed by atoms with Crippen LogP contribution in [0.1, 0.15) is 21.7 Å². The summed E-state index contributed by atoms with van der Waals surface area (Å²) in [5.41, 5.74) is 8.07. The van der Waals surface area contributed by atoms with Crippen molar-refractivity contribution >= 4 is 23.3 Å². The average Bonchev–Trinajstić information content (AvgIpc) is 2.68. The summed E-state index contributed by atoms with van der Waals surface area (Å²) >= 11 is 5.79. The topological polar surface area (TPSA) is 70.1 Å². The van der Waals surface area contributed by atoms with E-state index < -0.39 is 5.97 Å². The lowest BCUT2D eigenvalue weighted by molar-refractivity contribution is 0.0463. The van der Waals surface area contributed by atoms with Crippen molar-refractivity contribution in [2.75, 3.05) is 5.73 Å². The van der Waals surface area contributed by atoms with Gasteiger partial charge in [0.2, 0.25) is 0 Å². The molecule has 0 radical (unpaired) electrons. The van der Waals surface area contributed by atoms with Gasteiger partial charge in [-0.25, -0.2) is 4.79 Å². The SMILES string of the molecule is Cc1cc(COC(=O)c2ccc(Cl)c(N)c2)n(C)n1. The zero-order valence-electron chi connectivity index (χ0n) is 10.7. The summed E-state index contributed by atoms with van der Waals surface area (Å²) < 4.78 is 6.88. The highest BCUT2D eigenvalue weighted by Gasteiger charge is 2.11. The van der Waals surface area contributed by atoms with Gasteiger partial charge in [0.25, 0.3) is 0 Å². The van der Waals surface area contributed by atoms with Crippen molar-refractivity contribution in [3.05, 3.63) is 46.2 Å². The van der Waals surface area contributed by atoms with Gasteiger partial charge in [-0.05, 0) is 31.2 Å². The Kier molecular flexibility index (Phi) is 3.76. The van der Waals surface area contributed by atoms with E-state index in [1.165, 1.54) is 6.07 Å². The Morgan fingerprint density at radius 3 is 2.79 bits per heavy atom. The first-order chi connectivity index (χ1) is 8.97. The van der Waals surface area contributed by atoms with Crippen LogP contribution in [0.5, 0.6) is 0 Å². The number of nitrogens with zero attached hydrogens (tertiary/aromatic N) is 2. The summed E-state index contributed by atoms with van der Waals surface area (Å²) in [7, 11) is 1.80. The van der Waals surface area contributed by atoms with Crippen LogP contribution < -0.4 is 5.73 Å². The smallest absolute Gasteiger partial charge is 0.338 e. The summed E-state index contributed by atoms with van der Waals surface area (Å²) in [6, 6.07) is 6.51. The number of halogens is 1. The monoisotopic (exact) mass is 279 g/mol. The number of carbonyl (C=O) groups excluding carboxylic acids is 1. The summed E-state index contributed by atoms with van der Waals surface area (Å²) in [5, 5.41) is 4.59. The Bertz CT molecular complexity index is 622. The third-order valence-electron chi connectivity index (χ3n) is 2.68. The second kappa shape index (κ2) is 5.32. The van der Waals surface area contributed by atoms with Gasteiger partial charge in [0, 0.05) is 7.05 Å². The number of ether oxygens (including phenoxy) is 1. The molecule has 0 saturated carbocycles. The van der Waals surface area contributed by atoms with E-state index in [4.69, 9.17) is 22.1 Å². The fourth-order valence-electron chi connectivity index (χ4n) is 1.69. The van der Waals surface area contributed by atoms with Gasteiger partial charge in [-0.3, -0.25) is 4.68 Å². The molecule has 0 amide bonds. The predicted molar refractivity (Wildman–Crippen MR) is 72.9 cm³/mol. The third-order valence-corrected chi connectivity index (χ3v) is 3.03. The highest BCUT2D eigenvalue weighted by molar-refractivity contribution is 6.33. The van der Waals surface area contributed by atoms with E-state index in [0.717, 1.165) is 11.4 Å². The molecule has 1 heterocycles. The minimum absolute atomic E-state index is 0.165. The molecule has 6 heteroatoms. The van der Waals surface area contributed by atoms with Crippen LogP contribution in [0.25, 0.3) is 0 Å². The predicted octanol–water partition coefficient (Wildman–Crippen LogP) is 2.32. The quantitative estimate of drug-likeness (QED) is 0.691. The van der Waals surface area contributed by atoms with Crippen molar-refractivity contribution in [1.82, 2.24) is 9.78 Å². The highest BCUT2D eigenvalue weighted by Crippen LogP contribution is 2.20. The van der Waals surface area contributed by atoms with Gasteiger partial charge in [0.15, 0.2) is 0 Å². The van der Waals surface area contributed by atoms with E-state index >= 15 is 0 Å². The molecule has 0 atom stereocenters. The van der Waals surface area contributed by atoms with E-state index in [0.29, 0.717) is 16.3 Å². The van der Waals surface area contributed by atoms with Crippen LogP contribution in [0.2, 0.25) is 5.02 Å². The van der Waals surface area contributed by atoms with Crippen molar-refractivity contribution in [3.8, 4) is 0 Å². The number of aryl methyl sites for hydroxylation is 2. The maximum absolute atomic E-state index is 11.8. The molecule has 2 rings (SSSR count). The van der Waals surface area contributed by atoms with Crippen molar-refractivity contribution in [2.45, 2.75) is 13.5 Å². The number of nitrogens with two attached hydrogens (primary N) is 1. The minimum atomic E-state index is -0.442. The van der Waals surface area contributed by atoms with E-state index in [1.54, 1.807) is 23.9 Å². The Labute approximate surface area is 115 Å². The van der Waals surface area contributed by atoms with Crippen LogP contribution in [0.3, 0.4) is 0 Å². The Balaban J connectivity index is 2.05. The lowest BCUT2D eigenvalue weighted by Gasteiger charge is -2.06. The second-order valence-electron chi connectivity index (χ2n) is 4.21. The van der Waals surface area contributed by atoms with Crippen LogP contribution in [0.4, 0.5) is 5.69 Å². The van der Waals surface area contributed by atoms with Gasteiger partial charge < -0.3 is 10.5 Å². The molecule has 2 N–H and O–H groups in total. The first kappa shape index (κ1) is 13.4. The molecule has 0 aliphatic heterocycles. The summed E-state index contributed by atoms with van der Waals surface area (Å²) in [5.74, 6) is -0.442. The van der Waals surface area contributed by atoms with Gasteiger partial charge in [0.1, 0.15) is 6.61 Å². The average molecular weight is 280 g/mol. The number of nitrogen functional groups attached to an aromatic ring is 1. The maximum atomic E-state index is 11.8. The zero-order valence-corrected chi connectivity index (χ0v) is 11.4. The van der Waals surface area contributed by atoms with E-state index in [-0.39, 0.29) is 6.61 Å². The van der Waals surface area contributed by atoms with Gasteiger partial charge in [-0.2, -0.15) is 5.10 Å². The molecular weight excluding hydrogens is 266 g/mol. The molecule has 0 aliphatic carbocycles. The number of benzene rings is 1. The molecular formula is C13H14ClN3O2. The Morgan fingerprint density at radius 2 is 2.21 bits per heavy atom. The highest BCUT2D eigenvalue weighted by atomic mass is 35.5. The van der Waals surface area contributed by atoms with Crippen molar-refractivity contribution in [3.63, 3.8) is 0 Å². The number of aromatic nitrogens is 2. The molecule has 1 aromatic heterocycles. The van der Waals surface area contributed by atoms with Crippen LogP contribution in [-0.2, 0) is 18.4 Å². The molecule has 100 valence electrons. The van der Waals surface area contributed by atoms with E-state index in [2.05, 4.69) is 5.10 Å². The van der Waals surface area contributed by atoms with Crippen LogP contribution in [-0.4, -0.2) is 15.7 Å². The van der Waals surface area contributed by atoms with Gasteiger partial charge in [0.05, 0.1) is 27.7 Å². The molecule has 2 aromatic rings. The molecule has 0 spiro atoms. The lowest BCUT2D eigenvalue weighted by Crippen LogP contribution is -2.08. The number of hydrogen-bond donors (Lipinski definition) is 1. The van der Waals surface area contributed by atoms with E-state index in [1.807, 2.05) is 13.0 Å². The molecule has 1 aromatic carbocycles. The Morgan fingerprint density at radius 1 is 1.47 bits per heavy atom. The van der Waals surface area contributed by atoms with Crippen molar-refractivity contribution < 1.29 is 9.53 Å². The Hall–Kier alpha value is -2.01. The second-order valence-corrected chi connectivity index (χ2v) is 4.62. The number of esters is 1. The van der Waals surface area contributed by atoms with Crippen molar-refractivity contribution in [1.29, 1.82) is 0 Å². The van der Waals surface area contributed by atoms with Crippen LogP contribution in [0.15, 0.2) is 24.3 Å². The minimum Gasteiger partial charge on any atom is -0.456 e. The molecule has 0 fully saturated rings. The first-order valence-corrected chi connectivity index (χ1v) is 6.07. The molecule has 0 unspecified atom stereocenters. The molecule has 5 nitrogen and oxygen atoms in total. The number of hydrogen-bond acceptors (Lipinski definition) is 4. The standard InChI is InChI=1S/C13H14ClN3O2/c1-8-5-10(17(2)16-8)7-19-13(18)9-3-4-11(14)12(15)6-9/h3-6H,7,15H2,1-2H3. The zero-order chi connectivity index (χ0) is 14.0. The fraction of sp³-hybridized carbons (Fsp3) is 0.231. The van der Waals surface area contributed by atoms with Gasteiger partial charge >= 0.3 is 5.97 Å². The lowest BCUT2D eigenvalue weighted by atomic mass is 10.2. The normalized spacial score (nSPS) is 10.5. The van der Waals surface area contributed by atoms with E-state index in [9.17, 15) is 4.79 Å².